The Morgan fingerprint density at radius 1 is 1.33 bits per heavy atom. The fraction of sp³-hybridized carbons (Fsp3) is 0.450. The second-order valence-corrected chi connectivity index (χ2v) is 7.65. The van der Waals surface area contributed by atoms with Crippen LogP contribution in [0.25, 0.3) is 0 Å². The predicted molar refractivity (Wildman–Crippen MR) is 98.9 cm³/mol. The molecule has 2 amide bonds. The summed E-state index contributed by atoms with van der Waals surface area (Å²) < 4.78 is 32.4. The number of aliphatic hydroxyl groups excluding tert-OH is 1. The van der Waals surface area contributed by atoms with Crippen molar-refractivity contribution in [2.75, 3.05) is 19.7 Å². The number of benzene rings is 1. The van der Waals surface area contributed by atoms with E-state index in [4.69, 9.17) is 4.74 Å². The molecule has 3 heterocycles. The summed E-state index contributed by atoms with van der Waals surface area (Å²) in [6, 6.07) is 1.67. The Morgan fingerprint density at radius 2 is 2.10 bits per heavy atom. The number of nitrogens with one attached hydrogen (secondary N) is 1. The first-order valence-corrected chi connectivity index (χ1v) is 9.64. The SMILES string of the molecule is C[C@@H]1CCO[C@H]2CN3CC(C(=O)NCc4ccc(F)cc4F)=C(O)C(=O)C3C(=O)N12. The molecular weight excluding hydrogens is 400 g/mol. The van der Waals surface area contributed by atoms with Gasteiger partial charge in [-0.15, -0.1) is 0 Å². The number of carbonyl (C=O) groups excluding carboxylic acids is 3. The molecule has 3 atom stereocenters. The normalized spacial score (nSPS) is 27.0. The van der Waals surface area contributed by atoms with Gasteiger partial charge in [0.1, 0.15) is 17.9 Å². The molecule has 160 valence electrons. The fourth-order valence-corrected chi connectivity index (χ4v) is 4.10. The maximum Gasteiger partial charge on any atom is 0.252 e. The summed E-state index contributed by atoms with van der Waals surface area (Å²) in [6.45, 7) is 2.20. The van der Waals surface area contributed by atoms with Crippen LogP contribution in [0.15, 0.2) is 29.5 Å². The van der Waals surface area contributed by atoms with Gasteiger partial charge in [-0.1, -0.05) is 6.07 Å². The lowest BCUT2D eigenvalue weighted by Crippen LogP contribution is -2.69. The van der Waals surface area contributed by atoms with Crippen molar-refractivity contribution in [2.24, 2.45) is 0 Å². The van der Waals surface area contributed by atoms with Crippen LogP contribution in [-0.2, 0) is 25.7 Å². The molecule has 0 aliphatic carbocycles. The van der Waals surface area contributed by atoms with E-state index >= 15 is 0 Å². The molecule has 0 bridgehead atoms. The van der Waals surface area contributed by atoms with E-state index in [1.807, 2.05) is 6.92 Å². The lowest BCUT2D eigenvalue weighted by atomic mass is 9.93. The van der Waals surface area contributed by atoms with Crippen molar-refractivity contribution in [3.63, 3.8) is 0 Å². The molecule has 3 aliphatic rings. The minimum Gasteiger partial charge on any atom is -0.504 e. The van der Waals surface area contributed by atoms with Gasteiger partial charge in [0.25, 0.3) is 5.91 Å². The molecular formula is C20H21F2N3O5. The van der Waals surface area contributed by atoms with Crippen molar-refractivity contribution in [1.82, 2.24) is 15.1 Å². The molecule has 4 rings (SSSR count). The monoisotopic (exact) mass is 421 g/mol. The number of ketones is 1. The zero-order valence-electron chi connectivity index (χ0n) is 16.2. The molecule has 0 spiro atoms. The molecule has 2 N–H and O–H groups in total. The van der Waals surface area contributed by atoms with Gasteiger partial charge in [-0.05, 0) is 19.4 Å². The summed E-state index contributed by atoms with van der Waals surface area (Å²) in [5.74, 6) is -4.40. The van der Waals surface area contributed by atoms with Crippen molar-refractivity contribution in [1.29, 1.82) is 0 Å². The van der Waals surface area contributed by atoms with Crippen LogP contribution in [0.2, 0.25) is 0 Å². The van der Waals surface area contributed by atoms with E-state index in [0.29, 0.717) is 19.1 Å². The molecule has 0 aromatic heterocycles. The van der Waals surface area contributed by atoms with E-state index in [1.165, 1.54) is 15.9 Å². The van der Waals surface area contributed by atoms with Crippen LogP contribution in [0.5, 0.6) is 0 Å². The van der Waals surface area contributed by atoms with Gasteiger partial charge >= 0.3 is 0 Å². The minimum absolute atomic E-state index is 0.0539. The van der Waals surface area contributed by atoms with Gasteiger partial charge in [-0.25, -0.2) is 8.78 Å². The van der Waals surface area contributed by atoms with E-state index < -0.39 is 47.3 Å². The predicted octanol–water partition coefficient (Wildman–Crippen LogP) is 0.623. The molecule has 1 aromatic rings. The molecule has 10 heteroatoms. The van der Waals surface area contributed by atoms with Crippen LogP contribution in [0.3, 0.4) is 0 Å². The highest BCUT2D eigenvalue weighted by Gasteiger charge is 2.51. The number of carbonyl (C=O) groups is 3. The van der Waals surface area contributed by atoms with Gasteiger partial charge in [-0.2, -0.15) is 0 Å². The van der Waals surface area contributed by atoms with E-state index in [9.17, 15) is 28.3 Å². The van der Waals surface area contributed by atoms with Crippen LogP contribution in [0.1, 0.15) is 18.9 Å². The Hall–Kier alpha value is -2.85. The number of aliphatic hydroxyl groups is 1. The fourth-order valence-electron chi connectivity index (χ4n) is 4.10. The topological polar surface area (TPSA) is 99.2 Å². The summed E-state index contributed by atoms with van der Waals surface area (Å²) in [4.78, 5) is 41.2. The summed E-state index contributed by atoms with van der Waals surface area (Å²) in [7, 11) is 0. The Labute approximate surface area is 171 Å². The first-order valence-electron chi connectivity index (χ1n) is 9.64. The van der Waals surface area contributed by atoms with E-state index in [0.717, 1.165) is 6.07 Å². The average molecular weight is 421 g/mol. The standard InChI is InChI=1S/C20H21F2N3O5/c1-10-4-5-30-15-9-24-8-13(17(26)18(27)16(24)20(29)25(10)15)19(28)23-7-11-2-3-12(21)6-14(11)22/h2-3,6,10,15-16,26H,4-5,7-9H2,1H3,(H,23,28)/t10-,15+,16?/m1/s1. The number of hydrogen-bond acceptors (Lipinski definition) is 6. The molecule has 1 aromatic carbocycles. The number of halogens is 2. The zero-order valence-corrected chi connectivity index (χ0v) is 16.2. The average Bonchev–Trinajstić information content (AvgIpc) is 2.69. The Balaban J connectivity index is 1.52. The molecule has 8 nitrogen and oxygen atoms in total. The van der Waals surface area contributed by atoms with Gasteiger partial charge in [0, 0.05) is 37.3 Å². The smallest absolute Gasteiger partial charge is 0.252 e. The lowest BCUT2D eigenvalue weighted by Gasteiger charge is -2.50. The second kappa shape index (κ2) is 7.77. The molecule has 0 radical (unpaired) electrons. The number of piperazine rings is 1. The van der Waals surface area contributed by atoms with Gasteiger partial charge in [-0.3, -0.25) is 19.3 Å². The third-order valence-corrected chi connectivity index (χ3v) is 5.73. The van der Waals surface area contributed by atoms with Crippen LogP contribution in [-0.4, -0.2) is 70.5 Å². The molecule has 1 unspecified atom stereocenters. The number of nitrogens with zero attached hydrogens (tertiary/aromatic N) is 2. The molecule has 3 aliphatic heterocycles. The lowest BCUT2D eigenvalue weighted by molar-refractivity contribution is -0.188. The van der Waals surface area contributed by atoms with Crippen molar-refractivity contribution in [2.45, 2.75) is 38.2 Å². The maximum absolute atomic E-state index is 13.8. The van der Waals surface area contributed by atoms with E-state index in [2.05, 4.69) is 5.32 Å². The quantitative estimate of drug-likeness (QED) is 0.695. The summed E-state index contributed by atoms with van der Waals surface area (Å²) in [5.41, 5.74) is -0.151. The number of ether oxygens (including phenoxy) is 1. The highest BCUT2D eigenvalue weighted by Crippen LogP contribution is 2.30. The number of Topliss-reactive ketones (excluding diaryl/α,β-unsaturated/α-hetero) is 1. The van der Waals surface area contributed by atoms with Crippen LogP contribution in [0, 0.1) is 11.6 Å². The maximum atomic E-state index is 13.8. The van der Waals surface area contributed by atoms with Crippen molar-refractivity contribution in [3.8, 4) is 0 Å². The Kier molecular flexibility index (Phi) is 5.29. The number of amides is 2. The highest BCUT2D eigenvalue weighted by atomic mass is 19.1. The summed E-state index contributed by atoms with van der Waals surface area (Å²) in [5, 5.41) is 12.8. The number of fused-ring (bicyclic) bond motifs is 2. The first kappa shape index (κ1) is 20.4. The number of hydrogen-bond donors (Lipinski definition) is 2. The Bertz CT molecular complexity index is 950. The highest BCUT2D eigenvalue weighted by molar-refractivity contribution is 6.16. The van der Waals surface area contributed by atoms with Crippen molar-refractivity contribution >= 4 is 17.6 Å². The van der Waals surface area contributed by atoms with Crippen LogP contribution >= 0.6 is 0 Å². The molecule has 2 saturated heterocycles. The van der Waals surface area contributed by atoms with Crippen molar-refractivity contribution in [3.05, 3.63) is 46.7 Å². The largest absolute Gasteiger partial charge is 0.504 e. The summed E-state index contributed by atoms with van der Waals surface area (Å²) in [6.07, 6.45) is 0.127. The summed E-state index contributed by atoms with van der Waals surface area (Å²) >= 11 is 0. The van der Waals surface area contributed by atoms with E-state index in [1.54, 1.807) is 0 Å². The third-order valence-electron chi connectivity index (χ3n) is 5.73. The minimum atomic E-state index is -1.20. The molecule has 30 heavy (non-hydrogen) atoms. The second-order valence-electron chi connectivity index (χ2n) is 7.65. The first-order chi connectivity index (χ1) is 14.3. The van der Waals surface area contributed by atoms with Gasteiger partial charge < -0.3 is 20.1 Å². The number of rotatable bonds is 3. The van der Waals surface area contributed by atoms with Crippen molar-refractivity contribution < 1.29 is 33.0 Å². The van der Waals surface area contributed by atoms with E-state index in [-0.39, 0.29) is 36.8 Å². The molecule has 0 saturated carbocycles. The van der Waals surface area contributed by atoms with Gasteiger partial charge in [0.2, 0.25) is 11.7 Å². The molecule has 2 fully saturated rings. The van der Waals surface area contributed by atoms with Gasteiger partial charge in [0.15, 0.2) is 11.8 Å². The van der Waals surface area contributed by atoms with Crippen LogP contribution in [0.4, 0.5) is 8.78 Å². The zero-order chi connectivity index (χ0) is 21.6. The van der Waals surface area contributed by atoms with Gasteiger partial charge in [0.05, 0.1) is 12.2 Å². The Morgan fingerprint density at radius 3 is 2.83 bits per heavy atom. The van der Waals surface area contributed by atoms with Crippen LogP contribution < -0.4 is 5.32 Å². The third kappa shape index (κ3) is 3.46.